The zero-order valence-electron chi connectivity index (χ0n) is 8.41. The van der Waals surface area contributed by atoms with E-state index in [1.807, 2.05) is 32.2 Å². The van der Waals surface area contributed by atoms with Crippen LogP contribution in [0.5, 0.6) is 5.75 Å². The summed E-state index contributed by atoms with van der Waals surface area (Å²) in [6.07, 6.45) is 0. The zero-order valence-corrected chi connectivity index (χ0v) is 9.30. The van der Waals surface area contributed by atoms with Crippen LogP contribution in [0.1, 0.15) is 6.92 Å². The monoisotopic (exact) mass is 213 g/mol. The smallest absolute Gasteiger partial charge is 0.189 e. The first-order valence-electron chi connectivity index (χ1n) is 4.49. The molecule has 0 spiro atoms. The molecule has 0 unspecified atom stereocenters. The molecule has 0 saturated heterocycles. The Morgan fingerprint density at radius 1 is 1.43 bits per heavy atom. The number of benzene rings is 1. The predicted molar refractivity (Wildman–Crippen MR) is 60.4 cm³/mol. The maximum atomic E-state index is 5.33. The normalized spacial score (nSPS) is 9.93. The van der Waals surface area contributed by atoms with Crippen molar-refractivity contribution in [3.8, 4) is 5.75 Å². The Hall–Kier alpha value is -0.870. The molecule has 1 rings (SSSR count). The van der Waals surface area contributed by atoms with E-state index in [1.54, 1.807) is 0 Å². The summed E-state index contributed by atoms with van der Waals surface area (Å²) >= 11 is 4.31. The van der Waals surface area contributed by atoms with Crippen LogP contribution in [-0.4, -0.2) is 20.4 Å². The van der Waals surface area contributed by atoms with Gasteiger partial charge in [-0.3, -0.25) is 0 Å². The highest BCUT2D eigenvalue weighted by atomic mass is 32.1. The van der Waals surface area contributed by atoms with Gasteiger partial charge in [0, 0.05) is 24.2 Å². The van der Waals surface area contributed by atoms with Gasteiger partial charge in [0.05, 0.1) is 0 Å². The molecule has 0 saturated carbocycles. The highest BCUT2D eigenvalue weighted by Gasteiger charge is 1.99. The summed E-state index contributed by atoms with van der Waals surface area (Å²) in [7, 11) is 1.86. The van der Waals surface area contributed by atoms with Crippen LogP contribution in [0.25, 0.3) is 0 Å². The molecule has 0 fully saturated rings. The van der Waals surface area contributed by atoms with Crippen molar-refractivity contribution < 1.29 is 9.47 Å². The van der Waals surface area contributed by atoms with Gasteiger partial charge in [0.25, 0.3) is 0 Å². The van der Waals surface area contributed by atoms with Crippen molar-refractivity contribution in [2.75, 3.05) is 25.8 Å². The van der Waals surface area contributed by atoms with Crippen LogP contribution < -0.4 is 10.1 Å². The van der Waals surface area contributed by atoms with Crippen LogP contribution >= 0.6 is 12.6 Å². The third-order valence-corrected chi connectivity index (χ3v) is 2.12. The first kappa shape index (κ1) is 11.2. The second kappa shape index (κ2) is 5.78. The van der Waals surface area contributed by atoms with Gasteiger partial charge in [-0.25, -0.2) is 0 Å². The van der Waals surface area contributed by atoms with Crippen LogP contribution in [-0.2, 0) is 4.74 Å². The summed E-state index contributed by atoms with van der Waals surface area (Å²) in [5.41, 5.74) is 0.983. The average molecular weight is 213 g/mol. The molecule has 0 radical (unpaired) electrons. The van der Waals surface area contributed by atoms with Gasteiger partial charge in [-0.05, 0) is 25.1 Å². The van der Waals surface area contributed by atoms with Gasteiger partial charge < -0.3 is 14.8 Å². The largest absolute Gasteiger partial charge is 0.468 e. The summed E-state index contributed by atoms with van der Waals surface area (Å²) in [6, 6.07) is 5.65. The van der Waals surface area contributed by atoms with Gasteiger partial charge in [0.1, 0.15) is 5.75 Å². The van der Waals surface area contributed by atoms with Gasteiger partial charge in [-0.15, -0.1) is 12.6 Å². The molecular formula is C10H15NO2S. The Morgan fingerprint density at radius 3 is 2.79 bits per heavy atom. The SMILES string of the molecule is CCOCOc1ccc(NC)c(S)c1. The lowest BCUT2D eigenvalue weighted by Gasteiger charge is -2.08. The Bertz CT molecular complexity index is 291. The molecular weight excluding hydrogens is 198 g/mol. The Balaban J connectivity index is 2.57. The first-order valence-corrected chi connectivity index (χ1v) is 4.94. The zero-order chi connectivity index (χ0) is 10.4. The molecule has 0 aliphatic carbocycles. The molecule has 0 atom stereocenters. The topological polar surface area (TPSA) is 30.5 Å². The van der Waals surface area contributed by atoms with Crippen molar-refractivity contribution in [2.24, 2.45) is 0 Å². The van der Waals surface area contributed by atoms with Crippen LogP contribution in [0.15, 0.2) is 23.1 Å². The molecule has 0 aromatic heterocycles. The third-order valence-electron chi connectivity index (χ3n) is 1.75. The Kier molecular flexibility index (Phi) is 4.62. The van der Waals surface area contributed by atoms with E-state index in [0.29, 0.717) is 6.61 Å². The lowest BCUT2D eigenvalue weighted by atomic mass is 10.3. The minimum absolute atomic E-state index is 0.280. The molecule has 0 amide bonds. The van der Waals surface area contributed by atoms with Crippen LogP contribution in [0.3, 0.4) is 0 Å². The summed E-state index contributed by atoms with van der Waals surface area (Å²) in [5, 5.41) is 3.03. The van der Waals surface area contributed by atoms with Crippen LogP contribution in [0.2, 0.25) is 0 Å². The molecule has 78 valence electrons. The van der Waals surface area contributed by atoms with Gasteiger partial charge in [-0.2, -0.15) is 0 Å². The second-order valence-electron chi connectivity index (χ2n) is 2.68. The maximum absolute atomic E-state index is 5.33. The van der Waals surface area contributed by atoms with Crippen molar-refractivity contribution in [1.82, 2.24) is 0 Å². The quantitative estimate of drug-likeness (QED) is 0.447. The third kappa shape index (κ3) is 3.12. The van der Waals surface area contributed by atoms with E-state index in [0.717, 1.165) is 16.3 Å². The van der Waals surface area contributed by atoms with Gasteiger partial charge >= 0.3 is 0 Å². The summed E-state index contributed by atoms with van der Waals surface area (Å²) < 4.78 is 10.4. The minimum atomic E-state index is 0.280. The lowest BCUT2D eigenvalue weighted by molar-refractivity contribution is 0.0223. The van der Waals surface area contributed by atoms with E-state index in [2.05, 4.69) is 17.9 Å². The highest BCUT2D eigenvalue weighted by Crippen LogP contribution is 2.24. The summed E-state index contributed by atoms with van der Waals surface area (Å²) in [4.78, 5) is 0.862. The molecule has 0 aliphatic rings. The molecule has 4 heteroatoms. The molecule has 0 heterocycles. The van der Waals surface area contributed by atoms with Crippen molar-refractivity contribution in [3.63, 3.8) is 0 Å². The van der Waals surface area contributed by atoms with Crippen molar-refractivity contribution in [2.45, 2.75) is 11.8 Å². The van der Waals surface area contributed by atoms with Crippen molar-refractivity contribution in [1.29, 1.82) is 0 Å². The van der Waals surface area contributed by atoms with Gasteiger partial charge in [-0.1, -0.05) is 0 Å². The molecule has 1 aromatic rings. The van der Waals surface area contributed by atoms with E-state index in [-0.39, 0.29) is 6.79 Å². The van der Waals surface area contributed by atoms with Gasteiger partial charge in [0.2, 0.25) is 0 Å². The fourth-order valence-electron chi connectivity index (χ4n) is 1.01. The van der Waals surface area contributed by atoms with Crippen molar-refractivity contribution in [3.05, 3.63) is 18.2 Å². The lowest BCUT2D eigenvalue weighted by Crippen LogP contribution is -2.02. The Morgan fingerprint density at radius 2 is 2.21 bits per heavy atom. The fraction of sp³-hybridized carbons (Fsp3) is 0.400. The number of ether oxygens (including phenoxy) is 2. The molecule has 0 aliphatic heterocycles. The molecule has 14 heavy (non-hydrogen) atoms. The first-order chi connectivity index (χ1) is 6.77. The van der Waals surface area contributed by atoms with E-state index >= 15 is 0 Å². The molecule has 3 nitrogen and oxygen atoms in total. The number of rotatable bonds is 5. The number of hydrogen-bond donors (Lipinski definition) is 2. The van der Waals surface area contributed by atoms with Gasteiger partial charge in [0.15, 0.2) is 6.79 Å². The summed E-state index contributed by atoms with van der Waals surface area (Å²) in [6.45, 7) is 2.86. The van der Waals surface area contributed by atoms with E-state index in [4.69, 9.17) is 9.47 Å². The average Bonchev–Trinajstić information content (AvgIpc) is 2.18. The van der Waals surface area contributed by atoms with Crippen LogP contribution in [0.4, 0.5) is 5.69 Å². The molecule has 1 aromatic carbocycles. The Labute approximate surface area is 89.8 Å². The van der Waals surface area contributed by atoms with Crippen molar-refractivity contribution >= 4 is 18.3 Å². The summed E-state index contributed by atoms with van der Waals surface area (Å²) in [5.74, 6) is 0.766. The number of anilines is 1. The highest BCUT2D eigenvalue weighted by molar-refractivity contribution is 7.80. The van der Waals surface area contributed by atoms with E-state index in [9.17, 15) is 0 Å². The number of hydrogen-bond acceptors (Lipinski definition) is 4. The maximum Gasteiger partial charge on any atom is 0.189 e. The fourth-order valence-corrected chi connectivity index (χ4v) is 1.32. The second-order valence-corrected chi connectivity index (χ2v) is 3.17. The number of thiol groups is 1. The molecule has 0 bridgehead atoms. The van der Waals surface area contributed by atoms with E-state index < -0.39 is 0 Å². The van der Waals surface area contributed by atoms with E-state index in [1.165, 1.54) is 0 Å². The number of nitrogens with one attached hydrogen (secondary N) is 1. The minimum Gasteiger partial charge on any atom is -0.468 e. The standard InChI is InChI=1S/C10H15NO2S/c1-3-12-7-13-8-4-5-9(11-2)10(14)6-8/h4-6,11,14H,3,7H2,1-2H3. The predicted octanol–water partition coefficient (Wildman–Crippen LogP) is 2.39. The molecule has 1 N–H and O–H groups in total. The van der Waals surface area contributed by atoms with Crippen LogP contribution in [0, 0.1) is 0 Å².